The van der Waals surface area contributed by atoms with E-state index in [0.29, 0.717) is 0 Å². The van der Waals surface area contributed by atoms with Gasteiger partial charge >= 0.3 is 0 Å². The van der Waals surface area contributed by atoms with Crippen LogP contribution in [0.1, 0.15) is 30.5 Å². The van der Waals surface area contributed by atoms with Gasteiger partial charge in [0.05, 0.1) is 18.6 Å². The molecule has 0 radical (unpaired) electrons. The van der Waals surface area contributed by atoms with Crippen molar-refractivity contribution in [1.29, 1.82) is 0 Å². The van der Waals surface area contributed by atoms with Crippen molar-refractivity contribution in [3.63, 3.8) is 0 Å². The molecule has 0 spiro atoms. The lowest BCUT2D eigenvalue weighted by molar-refractivity contribution is -0.0994. The molecule has 17 heavy (non-hydrogen) atoms. The molecule has 1 aliphatic rings. The number of hydrogen-bond donors (Lipinski definition) is 1. The summed E-state index contributed by atoms with van der Waals surface area (Å²) in [5, 5.41) is 3.45. The molecule has 1 aromatic rings. The van der Waals surface area contributed by atoms with Crippen LogP contribution in [0.4, 0.5) is 0 Å². The lowest BCUT2D eigenvalue weighted by Gasteiger charge is -2.53. The summed E-state index contributed by atoms with van der Waals surface area (Å²) in [6.07, 6.45) is 0. The smallest absolute Gasteiger partial charge is 0.0603 e. The second-order valence-corrected chi connectivity index (χ2v) is 5.77. The number of nitrogens with one attached hydrogen (secondary N) is 1. The van der Waals surface area contributed by atoms with Crippen LogP contribution < -0.4 is 5.32 Å². The third kappa shape index (κ3) is 1.80. The van der Waals surface area contributed by atoms with Crippen LogP contribution >= 0.6 is 0 Å². The van der Waals surface area contributed by atoms with Crippen molar-refractivity contribution in [2.75, 3.05) is 20.3 Å². The van der Waals surface area contributed by atoms with Crippen LogP contribution in [0.3, 0.4) is 0 Å². The van der Waals surface area contributed by atoms with E-state index in [4.69, 9.17) is 4.74 Å². The minimum Gasteiger partial charge on any atom is -0.379 e. The first kappa shape index (κ1) is 12.6. The van der Waals surface area contributed by atoms with Crippen molar-refractivity contribution < 1.29 is 4.74 Å². The fraction of sp³-hybridized carbons (Fsp3) is 0.600. The molecule has 1 saturated heterocycles. The van der Waals surface area contributed by atoms with Crippen LogP contribution in [0, 0.1) is 13.8 Å². The Morgan fingerprint density at radius 2 is 1.88 bits per heavy atom. The molecule has 1 N–H and O–H groups in total. The van der Waals surface area contributed by atoms with E-state index >= 15 is 0 Å². The molecular weight excluding hydrogens is 210 g/mol. The summed E-state index contributed by atoms with van der Waals surface area (Å²) < 4.78 is 5.54. The number of rotatable bonds is 3. The van der Waals surface area contributed by atoms with Gasteiger partial charge in [-0.05, 0) is 45.9 Å². The largest absolute Gasteiger partial charge is 0.379 e. The predicted octanol–water partition coefficient (Wildman–Crippen LogP) is 2.57. The first-order valence-electron chi connectivity index (χ1n) is 6.27. The van der Waals surface area contributed by atoms with Crippen LogP contribution in [0.25, 0.3) is 0 Å². The second-order valence-electron chi connectivity index (χ2n) is 5.77. The van der Waals surface area contributed by atoms with E-state index in [-0.39, 0.29) is 11.0 Å². The fourth-order valence-electron chi connectivity index (χ4n) is 2.65. The quantitative estimate of drug-likeness (QED) is 0.866. The van der Waals surface area contributed by atoms with E-state index < -0.39 is 0 Å². The summed E-state index contributed by atoms with van der Waals surface area (Å²) in [7, 11) is 2.03. The molecule has 1 aliphatic heterocycles. The summed E-state index contributed by atoms with van der Waals surface area (Å²) in [4.78, 5) is 0. The lowest BCUT2D eigenvalue weighted by atomic mass is 9.64. The Morgan fingerprint density at radius 1 is 1.24 bits per heavy atom. The molecular formula is C15H23NO. The van der Waals surface area contributed by atoms with Gasteiger partial charge < -0.3 is 10.1 Å². The average Bonchev–Trinajstić information content (AvgIpc) is 2.21. The standard InChI is InChI=1S/C15H23NO/c1-11-6-7-12(2)13(8-11)15(9-17-10-15)14(3,4)16-5/h6-8,16H,9-10H2,1-5H3. The Kier molecular flexibility index (Phi) is 3.04. The Morgan fingerprint density at radius 3 is 2.35 bits per heavy atom. The SMILES string of the molecule is CNC(C)(C)C1(c2cc(C)ccc2C)COC1. The zero-order chi connectivity index (χ0) is 12.7. The fourth-order valence-corrected chi connectivity index (χ4v) is 2.65. The lowest BCUT2D eigenvalue weighted by Crippen LogP contribution is -2.66. The minimum absolute atomic E-state index is 0.0454. The van der Waals surface area contributed by atoms with Crippen molar-refractivity contribution in [2.45, 2.75) is 38.6 Å². The molecule has 2 rings (SSSR count). The topological polar surface area (TPSA) is 21.3 Å². The van der Waals surface area contributed by atoms with Crippen molar-refractivity contribution >= 4 is 0 Å². The molecule has 0 bridgehead atoms. The number of ether oxygens (including phenoxy) is 1. The first-order valence-corrected chi connectivity index (χ1v) is 6.27. The first-order chi connectivity index (χ1) is 7.93. The van der Waals surface area contributed by atoms with Crippen molar-refractivity contribution in [2.24, 2.45) is 0 Å². The Labute approximate surface area is 104 Å². The Hall–Kier alpha value is -0.860. The van der Waals surface area contributed by atoms with Crippen LogP contribution in [0.15, 0.2) is 18.2 Å². The Balaban J connectivity index is 2.52. The highest BCUT2D eigenvalue weighted by Gasteiger charge is 2.52. The van der Waals surface area contributed by atoms with Gasteiger partial charge in [-0.15, -0.1) is 0 Å². The van der Waals surface area contributed by atoms with Gasteiger partial charge in [0.2, 0.25) is 0 Å². The number of likely N-dealkylation sites (N-methyl/N-ethyl adjacent to an activating group) is 1. The maximum Gasteiger partial charge on any atom is 0.0603 e. The summed E-state index contributed by atoms with van der Waals surface area (Å²) in [6, 6.07) is 6.71. The summed E-state index contributed by atoms with van der Waals surface area (Å²) in [6.45, 7) is 10.5. The van der Waals surface area contributed by atoms with Crippen LogP contribution in [-0.2, 0) is 10.2 Å². The van der Waals surface area contributed by atoms with Crippen LogP contribution in [-0.4, -0.2) is 25.8 Å². The summed E-state index contributed by atoms with van der Waals surface area (Å²) in [5.41, 5.74) is 4.27. The monoisotopic (exact) mass is 233 g/mol. The predicted molar refractivity (Wildman–Crippen MR) is 71.6 cm³/mol. The maximum atomic E-state index is 5.54. The number of hydrogen-bond acceptors (Lipinski definition) is 2. The summed E-state index contributed by atoms with van der Waals surface area (Å²) >= 11 is 0. The van der Waals surface area contributed by atoms with E-state index in [1.165, 1.54) is 16.7 Å². The van der Waals surface area contributed by atoms with Gasteiger partial charge in [0, 0.05) is 5.54 Å². The molecule has 1 fully saturated rings. The van der Waals surface area contributed by atoms with E-state index in [1.54, 1.807) is 0 Å². The van der Waals surface area contributed by atoms with Crippen molar-refractivity contribution in [3.05, 3.63) is 34.9 Å². The van der Waals surface area contributed by atoms with E-state index in [9.17, 15) is 0 Å². The molecule has 1 heterocycles. The number of aryl methyl sites for hydroxylation is 2. The van der Waals surface area contributed by atoms with Gasteiger partial charge in [0.15, 0.2) is 0 Å². The normalized spacial score (nSPS) is 18.9. The highest BCUT2D eigenvalue weighted by molar-refractivity contribution is 5.41. The van der Waals surface area contributed by atoms with Crippen molar-refractivity contribution in [3.8, 4) is 0 Å². The molecule has 0 atom stereocenters. The van der Waals surface area contributed by atoms with Gasteiger partial charge in [-0.2, -0.15) is 0 Å². The van der Waals surface area contributed by atoms with E-state index in [2.05, 4.69) is 51.2 Å². The van der Waals surface area contributed by atoms with Gasteiger partial charge in [-0.3, -0.25) is 0 Å². The zero-order valence-electron chi connectivity index (χ0n) is 11.6. The maximum absolute atomic E-state index is 5.54. The highest BCUT2D eigenvalue weighted by Crippen LogP contribution is 2.43. The molecule has 1 aromatic carbocycles. The molecule has 2 heteroatoms. The average molecular weight is 233 g/mol. The molecule has 0 aromatic heterocycles. The number of benzene rings is 1. The van der Waals surface area contributed by atoms with Gasteiger partial charge in [-0.25, -0.2) is 0 Å². The minimum atomic E-state index is 0.0454. The van der Waals surface area contributed by atoms with E-state index in [0.717, 1.165) is 13.2 Å². The summed E-state index contributed by atoms with van der Waals surface area (Å²) in [5.74, 6) is 0. The Bertz CT molecular complexity index is 419. The van der Waals surface area contributed by atoms with Gasteiger partial charge in [0.1, 0.15) is 0 Å². The molecule has 2 nitrogen and oxygen atoms in total. The van der Waals surface area contributed by atoms with Crippen LogP contribution in [0.5, 0.6) is 0 Å². The van der Waals surface area contributed by atoms with Gasteiger partial charge in [-0.1, -0.05) is 23.8 Å². The molecule has 94 valence electrons. The molecule has 0 aliphatic carbocycles. The zero-order valence-corrected chi connectivity index (χ0v) is 11.6. The third-order valence-corrected chi connectivity index (χ3v) is 4.43. The van der Waals surface area contributed by atoms with E-state index in [1.807, 2.05) is 7.05 Å². The molecule has 0 unspecified atom stereocenters. The third-order valence-electron chi connectivity index (χ3n) is 4.43. The van der Waals surface area contributed by atoms with Crippen LogP contribution in [0.2, 0.25) is 0 Å². The van der Waals surface area contributed by atoms with Crippen molar-refractivity contribution in [1.82, 2.24) is 5.32 Å². The molecule has 0 amide bonds. The molecule has 0 saturated carbocycles. The van der Waals surface area contributed by atoms with Gasteiger partial charge in [0.25, 0.3) is 0 Å². The highest BCUT2D eigenvalue weighted by atomic mass is 16.5. The second kappa shape index (κ2) is 4.11.